The van der Waals surface area contributed by atoms with Crippen molar-refractivity contribution in [2.75, 3.05) is 26.0 Å². The maximum absolute atomic E-state index is 13.8. The van der Waals surface area contributed by atoms with Crippen LogP contribution in [0.5, 0.6) is 5.75 Å². The molecular formula is C26H29FN4O4. The molecule has 0 aromatic heterocycles. The van der Waals surface area contributed by atoms with Gasteiger partial charge in [-0.15, -0.1) is 0 Å². The summed E-state index contributed by atoms with van der Waals surface area (Å²) in [6, 6.07) is 10.9. The fourth-order valence-electron chi connectivity index (χ4n) is 4.47. The second kappa shape index (κ2) is 9.77. The Morgan fingerprint density at radius 2 is 1.80 bits per heavy atom. The van der Waals surface area contributed by atoms with Crippen molar-refractivity contribution in [3.05, 3.63) is 71.2 Å². The van der Waals surface area contributed by atoms with Crippen LogP contribution in [-0.2, 0) is 9.59 Å². The predicted octanol–water partition coefficient (Wildman–Crippen LogP) is 3.68. The Balaban J connectivity index is 1.64. The third-order valence-corrected chi connectivity index (χ3v) is 6.32. The molecule has 0 fully saturated rings. The van der Waals surface area contributed by atoms with E-state index in [1.54, 1.807) is 26.3 Å². The second-order valence-electron chi connectivity index (χ2n) is 9.15. The van der Waals surface area contributed by atoms with Crippen LogP contribution in [0.15, 0.2) is 59.8 Å². The zero-order chi connectivity index (χ0) is 25.3. The number of halogens is 1. The minimum Gasteiger partial charge on any atom is -0.497 e. The smallest absolute Gasteiger partial charge is 0.322 e. The number of urea groups is 1. The van der Waals surface area contributed by atoms with E-state index in [0.717, 1.165) is 5.56 Å². The molecule has 0 spiro atoms. The van der Waals surface area contributed by atoms with E-state index < -0.39 is 17.9 Å². The van der Waals surface area contributed by atoms with Gasteiger partial charge in [-0.1, -0.05) is 26.0 Å². The molecule has 4 amide bonds. The highest BCUT2D eigenvalue weighted by atomic mass is 19.1. The fraction of sp³-hybridized carbons (Fsp3) is 0.346. The lowest BCUT2D eigenvalue weighted by molar-refractivity contribution is -0.134. The van der Waals surface area contributed by atoms with E-state index in [9.17, 15) is 18.8 Å². The number of carbonyl (C=O) groups excluding carboxylic acids is 3. The van der Waals surface area contributed by atoms with E-state index in [2.05, 4.69) is 10.6 Å². The Bertz CT molecular complexity index is 1160. The lowest BCUT2D eigenvalue weighted by Gasteiger charge is -2.31. The number of anilines is 1. The molecule has 35 heavy (non-hydrogen) atoms. The van der Waals surface area contributed by atoms with Crippen LogP contribution in [0.4, 0.5) is 14.9 Å². The molecule has 2 aliphatic rings. The van der Waals surface area contributed by atoms with E-state index in [4.69, 9.17) is 4.74 Å². The van der Waals surface area contributed by atoms with E-state index in [-0.39, 0.29) is 30.3 Å². The van der Waals surface area contributed by atoms with Crippen LogP contribution >= 0.6 is 0 Å². The van der Waals surface area contributed by atoms with Gasteiger partial charge in [0.15, 0.2) is 0 Å². The molecule has 2 aromatic carbocycles. The van der Waals surface area contributed by atoms with Crippen LogP contribution in [0.1, 0.15) is 31.9 Å². The Morgan fingerprint density at radius 1 is 1.14 bits per heavy atom. The number of likely N-dealkylation sites (N-methyl/N-ethyl adjacent to an activating group) is 1. The van der Waals surface area contributed by atoms with Gasteiger partial charge in [0.05, 0.1) is 31.0 Å². The van der Waals surface area contributed by atoms with Gasteiger partial charge in [0.25, 0.3) is 5.91 Å². The molecule has 8 nitrogen and oxygen atoms in total. The average Bonchev–Trinajstić information content (AvgIpc) is 3.18. The second-order valence-corrected chi connectivity index (χ2v) is 9.15. The number of ether oxygens (including phenoxy) is 1. The van der Waals surface area contributed by atoms with Crippen molar-refractivity contribution in [2.24, 2.45) is 5.92 Å². The third kappa shape index (κ3) is 4.84. The molecule has 0 saturated carbocycles. The van der Waals surface area contributed by atoms with E-state index in [1.807, 2.05) is 26.0 Å². The highest BCUT2D eigenvalue weighted by Crippen LogP contribution is 2.37. The number of nitrogens with one attached hydrogen (secondary N) is 2. The Kier molecular flexibility index (Phi) is 6.77. The fourth-order valence-corrected chi connectivity index (χ4v) is 4.47. The first kappa shape index (κ1) is 24.3. The molecule has 0 unspecified atom stereocenters. The predicted molar refractivity (Wildman–Crippen MR) is 129 cm³/mol. The number of benzene rings is 2. The highest BCUT2D eigenvalue weighted by molar-refractivity contribution is 6.05. The van der Waals surface area contributed by atoms with Gasteiger partial charge in [-0.05, 0) is 54.3 Å². The van der Waals surface area contributed by atoms with Crippen molar-refractivity contribution in [3.8, 4) is 5.75 Å². The number of methoxy groups -OCH3 is 1. The summed E-state index contributed by atoms with van der Waals surface area (Å²) in [4.78, 5) is 42.7. The minimum atomic E-state index is -0.766. The Hall–Kier alpha value is -3.88. The molecule has 9 heteroatoms. The first-order chi connectivity index (χ1) is 16.7. The van der Waals surface area contributed by atoms with Crippen LogP contribution in [0.3, 0.4) is 0 Å². The van der Waals surface area contributed by atoms with Gasteiger partial charge < -0.3 is 20.3 Å². The molecular weight excluding hydrogens is 451 g/mol. The van der Waals surface area contributed by atoms with Crippen LogP contribution in [0.25, 0.3) is 0 Å². The van der Waals surface area contributed by atoms with Gasteiger partial charge in [0.2, 0.25) is 5.91 Å². The monoisotopic (exact) mass is 480 g/mol. The number of rotatable bonds is 7. The van der Waals surface area contributed by atoms with Gasteiger partial charge in [-0.3, -0.25) is 14.5 Å². The normalized spacial score (nSPS) is 18.5. The Morgan fingerprint density at radius 3 is 2.40 bits per heavy atom. The summed E-state index contributed by atoms with van der Waals surface area (Å²) < 4.78 is 18.5. The standard InChI is InChI=1S/C26H29FN4O4/c1-15(2)13-20(24(32)28-18-9-7-17(27)8-10-18)31-14-21-22(25(31)33)23(29-26(34)30(21)3)16-5-11-19(35-4)12-6-16/h5-12,15,20,23H,13-14H2,1-4H3,(H,28,32)(H,29,34)/t20-,23-/m0/s1. The first-order valence-corrected chi connectivity index (χ1v) is 11.5. The SMILES string of the molecule is COc1ccc([C@@H]2NC(=O)N(C)C3=C2C(=O)N([C@@H](CC(C)C)C(=O)Nc2ccc(F)cc2)C3)cc1. The van der Waals surface area contributed by atoms with Gasteiger partial charge in [-0.25, -0.2) is 9.18 Å². The lowest BCUT2D eigenvalue weighted by atomic mass is 9.95. The molecule has 4 rings (SSSR count). The topological polar surface area (TPSA) is 91.0 Å². The highest BCUT2D eigenvalue weighted by Gasteiger charge is 2.46. The van der Waals surface area contributed by atoms with E-state index in [1.165, 1.54) is 34.1 Å². The van der Waals surface area contributed by atoms with Gasteiger partial charge in [0.1, 0.15) is 17.6 Å². The van der Waals surface area contributed by atoms with Crippen LogP contribution in [0, 0.1) is 11.7 Å². The molecule has 2 aliphatic heterocycles. The number of hydrogen-bond acceptors (Lipinski definition) is 4. The van der Waals surface area contributed by atoms with Crippen molar-refractivity contribution in [3.63, 3.8) is 0 Å². The summed E-state index contributed by atoms with van der Waals surface area (Å²) in [5, 5.41) is 5.70. The summed E-state index contributed by atoms with van der Waals surface area (Å²) >= 11 is 0. The minimum absolute atomic E-state index is 0.124. The molecule has 184 valence electrons. The summed E-state index contributed by atoms with van der Waals surface area (Å²) in [5.41, 5.74) is 2.20. The quantitative estimate of drug-likeness (QED) is 0.633. The summed E-state index contributed by atoms with van der Waals surface area (Å²) in [5.74, 6) is -0.276. The maximum Gasteiger partial charge on any atom is 0.322 e. The molecule has 2 heterocycles. The van der Waals surface area contributed by atoms with Crippen LogP contribution < -0.4 is 15.4 Å². The molecule has 0 aliphatic carbocycles. The summed E-state index contributed by atoms with van der Waals surface area (Å²) in [7, 11) is 3.18. The molecule has 2 atom stereocenters. The van der Waals surface area contributed by atoms with Gasteiger partial charge >= 0.3 is 6.03 Å². The van der Waals surface area contributed by atoms with Crippen LogP contribution in [-0.4, -0.2) is 54.4 Å². The zero-order valence-electron chi connectivity index (χ0n) is 20.2. The lowest BCUT2D eigenvalue weighted by Crippen LogP contribution is -2.47. The molecule has 2 aromatic rings. The number of nitrogens with zero attached hydrogens (tertiary/aromatic N) is 2. The van der Waals surface area contributed by atoms with E-state index in [0.29, 0.717) is 29.1 Å². The summed E-state index contributed by atoms with van der Waals surface area (Å²) in [6.07, 6.45) is 0.428. The number of carbonyl (C=O) groups is 3. The van der Waals surface area contributed by atoms with Crippen molar-refractivity contribution < 1.29 is 23.5 Å². The molecule has 2 N–H and O–H groups in total. The largest absolute Gasteiger partial charge is 0.497 e. The third-order valence-electron chi connectivity index (χ3n) is 6.32. The first-order valence-electron chi connectivity index (χ1n) is 11.5. The van der Waals surface area contributed by atoms with Gasteiger partial charge in [-0.2, -0.15) is 0 Å². The maximum atomic E-state index is 13.8. The van der Waals surface area contributed by atoms with Crippen molar-refractivity contribution in [1.82, 2.24) is 15.1 Å². The van der Waals surface area contributed by atoms with Crippen molar-refractivity contribution in [1.29, 1.82) is 0 Å². The molecule has 0 bridgehead atoms. The van der Waals surface area contributed by atoms with Crippen LogP contribution in [0.2, 0.25) is 0 Å². The number of amides is 4. The van der Waals surface area contributed by atoms with E-state index >= 15 is 0 Å². The van der Waals surface area contributed by atoms with Gasteiger partial charge in [0, 0.05) is 12.7 Å². The number of hydrogen-bond donors (Lipinski definition) is 2. The van der Waals surface area contributed by atoms with Crippen molar-refractivity contribution >= 4 is 23.5 Å². The summed E-state index contributed by atoms with van der Waals surface area (Å²) in [6.45, 7) is 4.09. The average molecular weight is 481 g/mol. The zero-order valence-corrected chi connectivity index (χ0v) is 20.2. The Labute approximate surface area is 203 Å². The molecule has 0 radical (unpaired) electrons. The molecule has 0 saturated heterocycles. The van der Waals surface area contributed by atoms with Crippen molar-refractivity contribution in [2.45, 2.75) is 32.4 Å².